The summed E-state index contributed by atoms with van der Waals surface area (Å²) in [5.41, 5.74) is 1.24. The van der Waals surface area contributed by atoms with Crippen LogP contribution in [0.5, 0.6) is 5.75 Å². The molecule has 0 radical (unpaired) electrons. The van der Waals surface area contributed by atoms with Gasteiger partial charge in [-0.1, -0.05) is 0 Å². The van der Waals surface area contributed by atoms with Gasteiger partial charge >= 0.3 is 0 Å². The highest BCUT2D eigenvalue weighted by atomic mass is 32.2. The smallest absolute Gasteiger partial charge is 0.257 e. The molecule has 10 heteroatoms. The lowest BCUT2D eigenvalue weighted by Crippen LogP contribution is -2.28. The molecule has 2 aromatic rings. The van der Waals surface area contributed by atoms with Gasteiger partial charge in [0.1, 0.15) is 10.6 Å². The predicted molar refractivity (Wildman–Crippen MR) is 102 cm³/mol. The average Bonchev–Trinajstić information content (AvgIpc) is 3.22. The number of fused-ring (bicyclic) bond motifs is 1. The first-order valence-electron chi connectivity index (χ1n) is 8.41. The number of thiazole rings is 1. The number of hydrogen-bond donors (Lipinski definition) is 2. The summed E-state index contributed by atoms with van der Waals surface area (Å²) in [7, 11) is -0.994. The van der Waals surface area contributed by atoms with Crippen LogP contribution in [0.4, 0.5) is 5.13 Å². The lowest BCUT2D eigenvalue weighted by atomic mass is 10.2. The van der Waals surface area contributed by atoms with Crippen LogP contribution in [0.3, 0.4) is 0 Å². The zero-order valence-electron chi connectivity index (χ0n) is 15.1. The number of aromatic nitrogens is 1. The van der Waals surface area contributed by atoms with Crippen molar-refractivity contribution >= 4 is 32.4 Å². The molecule has 1 aliphatic carbocycles. The van der Waals surface area contributed by atoms with Crippen molar-refractivity contribution in [2.24, 2.45) is 0 Å². The summed E-state index contributed by atoms with van der Waals surface area (Å²) in [6.07, 6.45) is 3.01. The fourth-order valence-corrected chi connectivity index (χ4v) is 5.05. The number of aryl methyl sites for hydroxylation is 2. The minimum atomic E-state index is -3.85. The Kier molecular flexibility index (Phi) is 6.10. The third-order valence-electron chi connectivity index (χ3n) is 4.13. The summed E-state index contributed by atoms with van der Waals surface area (Å²) in [6, 6.07) is 4.27. The van der Waals surface area contributed by atoms with Crippen LogP contribution in [0.15, 0.2) is 23.1 Å². The fraction of sp³-hybridized carbons (Fsp3) is 0.412. The number of carbonyl (C=O) groups excluding carboxylic acids is 1. The van der Waals surface area contributed by atoms with Crippen LogP contribution in [0.2, 0.25) is 0 Å². The van der Waals surface area contributed by atoms with E-state index in [-0.39, 0.29) is 29.4 Å². The Balaban J connectivity index is 1.81. The third-order valence-corrected chi connectivity index (χ3v) is 6.68. The summed E-state index contributed by atoms with van der Waals surface area (Å²) in [4.78, 5) is 18.1. The lowest BCUT2D eigenvalue weighted by molar-refractivity contribution is 0.102. The molecule has 146 valence electrons. The number of rotatable bonds is 8. The van der Waals surface area contributed by atoms with E-state index in [4.69, 9.17) is 9.47 Å². The number of hydrogen-bond acceptors (Lipinski definition) is 7. The Bertz CT molecular complexity index is 919. The van der Waals surface area contributed by atoms with Crippen molar-refractivity contribution in [3.63, 3.8) is 0 Å². The van der Waals surface area contributed by atoms with E-state index in [0.717, 1.165) is 25.0 Å². The topological polar surface area (TPSA) is 107 Å². The summed E-state index contributed by atoms with van der Waals surface area (Å²) in [5, 5.41) is 3.28. The molecule has 0 saturated carbocycles. The molecule has 2 N–H and O–H groups in total. The van der Waals surface area contributed by atoms with Crippen LogP contribution in [-0.4, -0.2) is 46.7 Å². The molecule has 3 rings (SSSR count). The van der Waals surface area contributed by atoms with Crippen molar-refractivity contribution in [2.45, 2.75) is 24.2 Å². The number of ether oxygens (including phenoxy) is 2. The number of nitrogens with one attached hydrogen (secondary N) is 2. The van der Waals surface area contributed by atoms with Gasteiger partial charge in [0.2, 0.25) is 10.0 Å². The molecule has 1 amide bonds. The molecule has 1 aliphatic rings. The Morgan fingerprint density at radius 3 is 2.81 bits per heavy atom. The molecule has 0 saturated heterocycles. The Morgan fingerprint density at radius 1 is 1.30 bits per heavy atom. The Labute approximate surface area is 162 Å². The van der Waals surface area contributed by atoms with E-state index in [9.17, 15) is 13.2 Å². The average molecular weight is 412 g/mol. The minimum Gasteiger partial charge on any atom is -0.495 e. The number of amides is 1. The molecule has 27 heavy (non-hydrogen) atoms. The second-order valence-corrected chi connectivity index (χ2v) is 8.77. The van der Waals surface area contributed by atoms with Gasteiger partial charge in [0.15, 0.2) is 5.13 Å². The molecule has 1 aromatic heterocycles. The molecule has 8 nitrogen and oxygen atoms in total. The van der Waals surface area contributed by atoms with Crippen LogP contribution >= 0.6 is 11.3 Å². The molecule has 0 bridgehead atoms. The van der Waals surface area contributed by atoms with Gasteiger partial charge in [-0.2, -0.15) is 0 Å². The predicted octanol–water partition coefficient (Wildman–Crippen LogP) is 1.82. The van der Waals surface area contributed by atoms with E-state index in [0.29, 0.717) is 5.13 Å². The highest BCUT2D eigenvalue weighted by Gasteiger charge is 2.23. The molecule has 1 aromatic carbocycles. The van der Waals surface area contributed by atoms with Gasteiger partial charge in [0, 0.05) is 24.1 Å². The van der Waals surface area contributed by atoms with Crippen LogP contribution in [-0.2, 0) is 27.6 Å². The standard InChI is InChI=1S/C17H21N3O5S2/c1-24-9-8-18-27(22,23)15-10-11(6-7-13(15)25-2)16(21)20-17-19-12-4-3-5-14(12)26-17/h6-7,10,18H,3-5,8-9H2,1-2H3,(H,19,20,21). The van der Waals surface area contributed by atoms with Crippen molar-refractivity contribution in [1.82, 2.24) is 9.71 Å². The van der Waals surface area contributed by atoms with Crippen molar-refractivity contribution < 1.29 is 22.7 Å². The minimum absolute atomic E-state index is 0.101. The molecule has 0 unspecified atom stereocenters. The number of carbonyl (C=O) groups is 1. The fourth-order valence-electron chi connectivity index (χ4n) is 2.80. The molecule has 0 aliphatic heterocycles. The van der Waals surface area contributed by atoms with Crippen LogP contribution in [0, 0.1) is 0 Å². The Morgan fingerprint density at radius 2 is 2.11 bits per heavy atom. The van der Waals surface area contributed by atoms with Crippen LogP contribution < -0.4 is 14.8 Å². The van der Waals surface area contributed by atoms with Gasteiger partial charge in [0.05, 0.1) is 19.4 Å². The summed E-state index contributed by atoms with van der Waals surface area (Å²) < 4.78 is 37.5. The SMILES string of the molecule is COCCNS(=O)(=O)c1cc(C(=O)Nc2nc3c(s2)CCC3)ccc1OC. The number of benzene rings is 1. The number of methoxy groups -OCH3 is 2. The summed E-state index contributed by atoms with van der Waals surface area (Å²) >= 11 is 1.46. The van der Waals surface area contributed by atoms with Gasteiger partial charge in [-0.3, -0.25) is 10.1 Å². The lowest BCUT2D eigenvalue weighted by Gasteiger charge is -2.12. The number of nitrogens with zero attached hydrogens (tertiary/aromatic N) is 1. The van der Waals surface area contributed by atoms with E-state index in [2.05, 4.69) is 15.0 Å². The van der Waals surface area contributed by atoms with Crippen LogP contribution in [0.1, 0.15) is 27.3 Å². The van der Waals surface area contributed by atoms with E-state index in [1.807, 2.05) is 0 Å². The van der Waals surface area contributed by atoms with Crippen molar-refractivity contribution in [3.8, 4) is 5.75 Å². The van der Waals surface area contributed by atoms with Gasteiger partial charge in [-0.25, -0.2) is 18.1 Å². The largest absolute Gasteiger partial charge is 0.495 e. The van der Waals surface area contributed by atoms with E-state index >= 15 is 0 Å². The monoisotopic (exact) mass is 411 g/mol. The molecule has 0 spiro atoms. The maximum atomic E-state index is 12.6. The van der Waals surface area contributed by atoms with E-state index < -0.39 is 15.9 Å². The van der Waals surface area contributed by atoms with Gasteiger partial charge in [0.25, 0.3) is 5.91 Å². The second-order valence-electron chi connectivity index (χ2n) is 5.95. The first-order chi connectivity index (χ1) is 12.9. The highest BCUT2D eigenvalue weighted by Crippen LogP contribution is 2.31. The van der Waals surface area contributed by atoms with E-state index in [1.54, 1.807) is 0 Å². The van der Waals surface area contributed by atoms with Gasteiger partial charge in [-0.05, 0) is 37.5 Å². The Hall–Kier alpha value is -2.01. The maximum absolute atomic E-state index is 12.6. The van der Waals surface area contributed by atoms with Crippen molar-refractivity contribution in [2.75, 3.05) is 32.7 Å². The first kappa shape index (κ1) is 19.7. The first-order valence-corrected chi connectivity index (χ1v) is 10.7. The highest BCUT2D eigenvalue weighted by molar-refractivity contribution is 7.89. The third kappa shape index (κ3) is 4.46. The quantitative estimate of drug-likeness (QED) is 0.642. The summed E-state index contributed by atoms with van der Waals surface area (Å²) in [6.45, 7) is 0.347. The van der Waals surface area contributed by atoms with Gasteiger partial charge < -0.3 is 9.47 Å². The summed E-state index contributed by atoms with van der Waals surface area (Å²) in [5.74, 6) is -0.261. The van der Waals surface area contributed by atoms with Crippen molar-refractivity contribution in [1.29, 1.82) is 0 Å². The molecule has 1 heterocycles. The maximum Gasteiger partial charge on any atom is 0.257 e. The zero-order chi connectivity index (χ0) is 19.4. The van der Waals surface area contributed by atoms with E-state index in [1.165, 1.54) is 48.6 Å². The number of sulfonamides is 1. The molecule has 0 fully saturated rings. The second kappa shape index (κ2) is 8.34. The van der Waals surface area contributed by atoms with Gasteiger partial charge in [-0.15, -0.1) is 11.3 Å². The number of anilines is 1. The zero-order valence-corrected chi connectivity index (χ0v) is 16.7. The molecular weight excluding hydrogens is 390 g/mol. The van der Waals surface area contributed by atoms with Crippen molar-refractivity contribution in [3.05, 3.63) is 34.3 Å². The molecular formula is C17H21N3O5S2. The molecule has 0 atom stereocenters. The van der Waals surface area contributed by atoms with Crippen LogP contribution in [0.25, 0.3) is 0 Å². The normalized spacial score (nSPS) is 13.4.